The van der Waals surface area contributed by atoms with Gasteiger partial charge in [0.25, 0.3) is 0 Å². The molecule has 0 aromatic heterocycles. The lowest BCUT2D eigenvalue weighted by molar-refractivity contribution is 0.714. The SMILES string of the molecule is CC1(c2ccccc2)c2ccccc2-c2ccc(-c3ccc(N(c4ccc(-c5ccc6ccccc6c5)cc4)c4cccc([Si]5(c6ccccc6)c6ccccc6-c6ccccc65)c4)cc3)cc21. The largest absolute Gasteiger partial charge is 0.311 e. The van der Waals surface area contributed by atoms with E-state index in [0.29, 0.717) is 0 Å². The summed E-state index contributed by atoms with van der Waals surface area (Å²) >= 11 is 0. The quantitative estimate of drug-likeness (QED) is 0.137. The molecule has 1 aliphatic carbocycles. The summed E-state index contributed by atoms with van der Waals surface area (Å²) in [6, 6.07) is 99.8. The van der Waals surface area contributed by atoms with Crippen LogP contribution in [0.3, 0.4) is 0 Å². The Labute approximate surface area is 399 Å². The van der Waals surface area contributed by atoms with Gasteiger partial charge in [-0.3, -0.25) is 0 Å². The average Bonchev–Trinajstić information content (AvgIpc) is 3.86. The van der Waals surface area contributed by atoms with Crippen LogP contribution in [0.25, 0.3) is 55.3 Å². The Kier molecular flexibility index (Phi) is 9.38. The molecule has 0 saturated heterocycles. The van der Waals surface area contributed by atoms with E-state index in [1.54, 1.807) is 0 Å². The summed E-state index contributed by atoms with van der Waals surface area (Å²) in [6.07, 6.45) is 0. The fourth-order valence-electron chi connectivity index (χ4n) is 11.8. The van der Waals surface area contributed by atoms with Crippen LogP contribution >= 0.6 is 0 Å². The molecular weight excluding hydrogens is 835 g/mol. The Hall–Kier alpha value is -8.30. The van der Waals surface area contributed by atoms with Crippen LogP contribution < -0.4 is 25.6 Å². The molecule has 11 aromatic rings. The van der Waals surface area contributed by atoms with Crippen molar-refractivity contribution in [3.8, 4) is 44.5 Å². The molecule has 320 valence electrons. The first-order chi connectivity index (χ1) is 33.6. The van der Waals surface area contributed by atoms with Crippen LogP contribution in [0.2, 0.25) is 0 Å². The van der Waals surface area contributed by atoms with E-state index in [1.807, 2.05) is 0 Å². The maximum Gasteiger partial charge on any atom is 0.180 e. The number of fused-ring (bicyclic) bond motifs is 7. The maximum atomic E-state index is 2.49. The van der Waals surface area contributed by atoms with Crippen molar-refractivity contribution in [2.24, 2.45) is 0 Å². The fourth-order valence-corrected chi connectivity index (χ4v) is 17.0. The minimum absolute atomic E-state index is 0.259. The van der Waals surface area contributed by atoms with E-state index in [-0.39, 0.29) is 5.41 Å². The molecule has 2 heteroatoms. The molecule has 68 heavy (non-hydrogen) atoms. The Balaban J connectivity index is 0.951. The first kappa shape index (κ1) is 40.0. The second-order valence-electron chi connectivity index (χ2n) is 18.5. The minimum Gasteiger partial charge on any atom is -0.311 e. The molecule has 0 saturated carbocycles. The van der Waals surface area contributed by atoms with Crippen LogP contribution in [0.1, 0.15) is 23.6 Å². The van der Waals surface area contributed by atoms with Gasteiger partial charge in [0.2, 0.25) is 0 Å². The molecule has 1 unspecified atom stereocenters. The van der Waals surface area contributed by atoms with Crippen molar-refractivity contribution in [2.75, 3.05) is 4.90 Å². The van der Waals surface area contributed by atoms with E-state index in [1.165, 1.54) is 92.7 Å². The van der Waals surface area contributed by atoms with Gasteiger partial charge in [0.1, 0.15) is 0 Å². The van der Waals surface area contributed by atoms with Gasteiger partial charge in [-0.05, 0) is 148 Å². The Bertz CT molecular complexity index is 3640. The molecule has 11 aromatic carbocycles. The van der Waals surface area contributed by atoms with Crippen molar-refractivity contribution in [2.45, 2.75) is 12.3 Å². The van der Waals surface area contributed by atoms with Gasteiger partial charge in [0.15, 0.2) is 8.07 Å². The summed E-state index contributed by atoms with van der Waals surface area (Å²) in [5.74, 6) is 0. The zero-order chi connectivity index (χ0) is 45.2. The zero-order valence-corrected chi connectivity index (χ0v) is 38.9. The topological polar surface area (TPSA) is 3.24 Å². The van der Waals surface area contributed by atoms with Crippen molar-refractivity contribution in [1.82, 2.24) is 0 Å². The Morgan fingerprint density at radius 2 is 0.809 bits per heavy atom. The highest BCUT2D eigenvalue weighted by Crippen LogP contribution is 2.53. The molecule has 13 rings (SSSR count). The summed E-state index contributed by atoms with van der Waals surface area (Å²) < 4.78 is 0. The third kappa shape index (κ3) is 6.15. The summed E-state index contributed by atoms with van der Waals surface area (Å²) in [6.45, 7) is 2.39. The van der Waals surface area contributed by atoms with Gasteiger partial charge in [-0.1, -0.05) is 218 Å². The van der Waals surface area contributed by atoms with E-state index in [0.717, 1.165) is 17.1 Å². The minimum atomic E-state index is -2.73. The second-order valence-corrected chi connectivity index (χ2v) is 22.3. The van der Waals surface area contributed by atoms with Crippen molar-refractivity contribution < 1.29 is 0 Å². The van der Waals surface area contributed by atoms with Crippen LogP contribution in [-0.4, -0.2) is 8.07 Å². The van der Waals surface area contributed by atoms with Crippen LogP contribution in [0.5, 0.6) is 0 Å². The van der Waals surface area contributed by atoms with E-state index in [2.05, 4.69) is 279 Å². The number of benzene rings is 11. The monoisotopic (exact) mass is 881 g/mol. The van der Waals surface area contributed by atoms with Crippen molar-refractivity contribution in [1.29, 1.82) is 0 Å². The van der Waals surface area contributed by atoms with Crippen LogP contribution in [0.15, 0.2) is 267 Å². The molecule has 0 radical (unpaired) electrons. The first-order valence-electron chi connectivity index (χ1n) is 23.7. The zero-order valence-electron chi connectivity index (χ0n) is 37.9. The number of anilines is 3. The maximum absolute atomic E-state index is 2.73. The molecule has 2 aliphatic rings. The summed E-state index contributed by atoms with van der Waals surface area (Å²) in [7, 11) is -2.73. The van der Waals surface area contributed by atoms with Gasteiger partial charge in [0.05, 0.1) is 0 Å². The van der Waals surface area contributed by atoms with Crippen molar-refractivity contribution in [3.05, 3.63) is 284 Å². The van der Waals surface area contributed by atoms with E-state index >= 15 is 0 Å². The average molecular weight is 882 g/mol. The van der Waals surface area contributed by atoms with Gasteiger partial charge in [-0.2, -0.15) is 0 Å². The Morgan fingerprint density at radius 1 is 0.309 bits per heavy atom. The summed E-state index contributed by atoms with van der Waals surface area (Å²) in [4.78, 5) is 2.45. The predicted molar refractivity (Wildman–Crippen MR) is 290 cm³/mol. The van der Waals surface area contributed by atoms with E-state index < -0.39 is 8.07 Å². The molecular formula is C66H47NSi. The lowest BCUT2D eigenvalue weighted by Gasteiger charge is -2.33. The smallest absolute Gasteiger partial charge is 0.180 e. The molecule has 0 spiro atoms. The third-order valence-corrected chi connectivity index (χ3v) is 19.9. The summed E-state index contributed by atoms with van der Waals surface area (Å²) in [5.41, 5.74) is 17.3. The lowest BCUT2D eigenvalue weighted by Crippen LogP contribution is -2.72. The number of rotatable bonds is 8. The number of hydrogen-bond donors (Lipinski definition) is 0. The molecule has 1 aliphatic heterocycles. The van der Waals surface area contributed by atoms with Gasteiger partial charge < -0.3 is 4.90 Å². The van der Waals surface area contributed by atoms with E-state index in [4.69, 9.17) is 0 Å². The molecule has 0 amide bonds. The van der Waals surface area contributed by atoms with Gasteiger partial charge in [0, 0.05) is 22.5 Å². The molecule has 1 nitrogen and oxygen atoms in total. The molecule has 0 fully saturated rings. The van der Waals surface area contributed by atoms with Gasteiger partial charge in [-0.15, -0.1) is 0 Å². The second kappa shape index (κ2) is 15.9. The lowest BCUT2D eigenvalue weighted by atomic mass is 9.74. The van der Waals surface area contributed by atoms with Crippen molar-refractivity contribution in [3.63, 3.8) is 0 Å². The van der Waals surface area contributed by atoms with Gasteiger partial charge in [-0.25, -0.2) is 0 Å². The summed E-state index contributed by atoms with van der Waals surface area (Å²) in [5, 5.41) is 8.15. The fraction of sp³-hybridized carbons (Fsp3) is 0.0303. The van der Waals surface area contributed by atoms with Crippen LogP contribution in [-0.2, 0) is 5.41 Å². The van der Waals surface area contributed by atoms with Gasteiger partial charge >= 0.3 is 0 Å². The highest BCUT2D eigenvalue weighted by atomic mass is 28.3. The number of hydrogen-bond acceptors (Lipinski definition) is 1. The van der Waals surface area contributed by atoms with Crippen LogP contribution in [0.4, 0.5) is 17.1 Å². The third-order valence-electron chi connectivity index (χ3n) is 15.0. The normalized spacial score (nSPS) is 15.0. The highest BCUT2D eigenvalue weighted by molar-refractivity contribution is 7.22. The van der Waals surface area contributed by atoms with E-state index in [9.17, 15) is 0 Å². The Morgan fingerprint density at radius 3 is 1.49 bits per heavy atom. The molecule has 0 N–H and O–H groups in total. The molecule has 0 bridgehead atoms. The first-order valence-corrected chi connectivity index (χ1v) is 25.7. The predicted octanol–water partition coefficient (Wildman–Crippen LogP) is 14.3. The van der Waals surface area contributed by atoms with Crippen molar-refractivity contribution >= 4 is 56.7 Å². The highest BCUT2D eigenvalue weighted by Gasteiger charge is 2.48. The standard InChI is InChI=1S/C66H47NSi/c1-66(52-19-4-2-5-20-52)62-28-13-10-25-58(62)59-42-37-51(44-63(59)66)48-35-40-54(41-36-48)67(53-38-33-47(34-39-53)50-32-31-46-17-8-9-18-49(46)43-50)55-21-16-24-57(45-55)68(56-22-6-3-7-23-56)64-29-14-11-26-60(64)61-27-12-15-30-65(61)68/h2-45H,1H3. The van der Waals surface area contributed by atoms with Crippen LogP contribution in [0, 0.1) is 0 Å². The molecule has 1 atom stereocenters. The molecule has 1 heterocycles. The number of nitrogens with zero attached hydrogens (tertiary/aromatic N) is 1.